The van der Waals surface area contributed by atoms with Crippen LogP contribution < -0.4 is 16.4 Å². The lowest BCUT2D eigenvalue weighted by atomic mass is 9.90. The van der Waals surface area contributed by atoms with Crippen LogP contribution in [0.15, 0.2) is 40.5 Å². The highest BCUT2D eigenvalue weighted by Crippen LogP contribution is 2.32. The molecule has 2 atom stereocenters. The summed E-state index contributed by atoms with van der Waals surface area (Å²) < 4.78 is 0. The summed E-state index contributed by atoms with van der Waals surface area (Å²) in [5, 5.41) is 0. The molecule has 1 aliphatic carbocycles. The number of aryl methyl sites for hydroxylation is 1. The van der Waals surface area contributed by atoms with E-state index in [9.17, 15) is 0 Å². The quantitative estimate of drug-likeness (QED) is 0.806. The highest BCUT2D eigenvalue weighted by Gasteiger charge is 2.29. The molecule has 0 amide bonds. The first-order chi connectivity index (χ1) is 9.15. The van der Waals surface area contributed by atoms with Crippen molar-refractivity contribution in [2.75, 3.05) is 4.90 Å². The van der Waals surface area contributed by atoms with Gasteiger partial charge in [0.25, 0.3) is 0 Å². The molecule has 1 aliphatic heterocycles. The van der Waals surface area contributed by atoms with E-state index < -0.39 is 0 Å². The van der Waals surface area contributed by atoms with Gasteiger partial charge in [-0.2, -0.15) is 0 Å². The molecule has 0 saturated carbocycles. The van der Waals surface area contributed by atoms with E-state index in [1.54, 1.807) is 0 Å². The van der Waals surface area contributed by atoms with Crippen molar-refractivity contribution in [3.8, 4) is 0 Å². The normalized spacial score (nSPS) is 26.6. The predicted molar refractivity (Wildman–Crippen MR) is 79.0 cm³/mol. The van der Waals surface area contributed by atoms with Crippen LogP contribution in [0.1, 0.15) is 24.8 Å². The Morgan fingerprint density at radius 1 is 1.32 bits per heavy atom. The van der Waals surface area contributed by atoms with Gasteiger partial charge in [-0.1, -0.05) is 12.1 Å². The summed E-state index contributed by atoms with van der Waals surface area (Å²) >= 11 is 0. The number of nitrogens with two attached hydrogens (primary N) is 2. The van der Waals surface area contributed by atoms with Gasteiger partial charge in [0.05, 0.1) is 6.34 Å². The first-order valence-corrected chi connectivity index (χ1v) is 6.77. The largest absolute Gasteiger partial charge is 0.327 e. The third-order valence-electron chi connectivity index (χ3n) is 3.90. The fraction of sp³-hybridized carbons (Fsp3) is 0.400. The van der Waals surface area contributed by atoms with Crippen LogP contribution >= 0.6 is 0 Å². The van der Waals surface area contributed by atoms with Crippen molar-refractivity contribution in [1.82, 2.24) is 0 Å². The zero-order chi connectivity index (χ0) is 13.4. The van der Waals surface area contributed by atoms with Gasteiger partial charge in [-0.05, 0) is 49.5 Å². The first kappa shape index (κ1) is 12.4. The maximum absolute atomic E-state index is 6.40. The lowest BCUT2D eigenvalue weighted by Gasteiger charge is -2.36. The average molecular weight is 256 g/mol. The van der Waals surface area contributed by atoms with Gasteiger partial charge in [-0.25, -0.2) is 4.99 Å². The molecule has 4 heteroatoms. The fourth-order valence-corrected chi connectivity index (χ4v) is 2.81. The van der Waals surface area contributed by atoms with E-state index in [0.717, 1.165) is 30.6 Å². The molecule has 100 valence electrons. The van der Waals surface area contributed by atoms with E-state index >= 15 is 0 Å². The second-order valence-corrected chi connectivity index (χ2v) is 5.41. The van der Waals surface area contributed by atoms with Crippen LogP contribution in [0.3, 0.4) is 0 Å². The van der Waals surface area contributed by atoms with Gasteiger partial charge in [-0.3, -0.25) is 0 Å². The Hall–Kier alpha value is -1.65. The molecule has 0 spiro atoms. The molecule has 4 nitrogen and oxygen atoms in total. The van der Waals surface area contributed by atoms with Crippen molar-refractivity contribution < 1.29 is 0 Å². The highest BCUT2D eigenvalue weighted by molar-refractivity contribution is 5.83. The summed E-state index contributed by atoms with van der Waals surface area (Å²) in [6, 6.07) is 8.53. The highest BCUT2D eigenvalue weighted by atomic mass is 15.3. The average Bonchev–Trinajstić information content (AvgIpc) is 2.40. The second-order valence-electron chi connectivity index (χ2n) is 5.41. The van der Waals surface area contributed by atoms with Crippen molar-refractivity contribution in [3.05, 3.63) is 41.1 Å². The molecule has 4 N–H and O–H groups in total. The Kier molecular flexibility index (Phi) is 3.12. The number of aliphatic imine (C=N–C) groups is 1. The number of allylic oxidation sites excluding steroid dienone is 1. The summed E-state index contributed by atoms with van der Waals surface area (Å²) in [5.41, 5.74) is 17.1. The van der Waals surface area contributed by atoms with Gasteiger partial charge >= 0.3 is 0 Å². The van der Waals surface area contributed by atoms with Crippen LogP contribution in [-0.2, 0) is 0 Å². The van der Waals surface area contributed by atoms with Gasteiger partial charge in [0.15, 0.2) is 0 Å². The number of rotatable bonds is 1. The molecule has 0 saturated heterocycles. The van der Waals surface area contributed by atoms with E-state index in [4.69, 9.17) is 11.5 Å². The Labute approximate surface area is 113 Å². The molecule has 1 aromatic carbocycles. The van der Waals surface area contributed by atoms with Crippen LogP contribution in [0, 0.1) is 6.92 Å². The molecular weight excluding hydrogens is 236 g/mol. The van der Waals surface area contributed by atoms with Crippen LogP contribution in [0.5, 0.6) is 0 Å². The van der Waals surface area contributed by atoms with Crippen molar-refractivity contribution in [3.63, 3.8) is 0 Å². The number of hydrogen-bond donors (Lipinski definition) is 2. The lowest BCUT2D eigenvalue weighted by molar-refractivity contribution is 0.532. The standard InChI is InChI=1S/C15H20N4/c1-10-3-2-4-12(7-10)19-9-18-14-6-5-11(16)8-13(14)15(19)17/h2-4,7,9,11,15H,5-6,8,16-17H2,1H3. The minimum absolute atomic E-state index is 0.138. The molecule has 0 fully saturated rings. The van der Waals surface area contributed by atoms with Crippen LogP contribution in [0.2, 0.25) is 0 Å². The van der Waals surface area contributed by atoms with Crippen LogP contribution in [-0.4, -0.2) is 18.5 Å². The Morgan fingerprint density at radius 3 is 2.95 bits per heavy atom. The zero-order valence-corrected chi connectivity index (χ0v) is 11.2. The Bertz CT molecular complexity index is 547. The molecule has 1 heterocycles. The molecule has 3 rings (SSSR count). The van der Waals surface area contributed by atoms with E-state index in [2.05, 4.69) is 30.1 Å². The van der Waals surface area contributed by atoms with Crippen molar-refractivity contribution >= 4 is 12.0 Å². The summed E-state index contributed by atoms with van der Waals surface area (Å²) in [4.78, 5) is 6.60. The summed E-state index contributed by atoms with van der Waals surface area (Å²) in [5.74, 6) is 0. The molecular formula is C15H20N4. The minimum atomic E-state index is -0.138. The lowest BCUT2D eigenvalue weighted by Crippen LogP contribution is -2.47. The summed E-state index contributed by atoms with van der Waals surface area (Å²) in [6.45, 7) is 2.08. The number of benzene rings is 1. The molecule has 19 heavy (non-hydrogen) atoms. The number of anilines is 1. The van der Waals surface area contributed by atoms with Crippen molar-refractivity contribution in [2.45, 2.75) is 38.4 Å². The van der Waals surface area contributed by atoms with E-state index in [1.165, 1.54) is 11.1 Å². The van der Waals surface area contributed by atoms with Gasteiger partial charge in [-0.15, -0.1) is 0 Å². The van der Waals surface area contributed by atoms with Crippen molar-refractivity contribution in [2.24, 2.45) is 16.5 Å². The molecule has 2 aliphatic rings. The van der Waals surface area contributed by atoms with Gasteiger partial charge in [0, 0.05) is 17.4 Å². The third kappa shape index (κ3) is 2.29. The van der Waals surface area contributed by atoms with Gasteiger partial charge < -0.3 is 16.4 Å². The molecule has 0 bridgehead atoms. The summed E-state index contributed by atoms with van der Waals surface area (Å²) in [7, 11) is 0. The van der Waals surface area contributed by atoms with Crippen LogP contribution in [0.25, 0.3) is 0 Å². The zero-order valence-electron chi connectivity index (χ0n) is 11.2. The Balaban J connectivity index is 1.92. The Morgan fingerprint density at radius 2 is 2.16 bits per heavy atom. The van der Waals surface area contributed by atoms with Gasteiger partial charge in [0.1, 0.15) is 6.17 Å². The topological polar surface area (TPSA) is 67.6 Å². The fourth-order valence-electron chi connectivity index (χ4n) is 2.81. The number of hydrogen-bond acceptors (Lipinski definition) is 4. The van der Waals surface area contributed by atoms with Crippen LogP contribution in [0.4, 0.5) is 5.69 Å². The maximum atomic E-state index is 6.40. The van der Waals surface area contributed by atoms with Gasteiger partial charge in [0.2, 0.25) is 0 Å². The van der Waals surface area contributed by atoms with Crippen molar-refractivity contribution in [1.29, 1.82) is 0 Å². The smallest absolute Gasteiger partial charge is 0.107 e. The first-order valence-electron chi connectivity index (χ1n) is 6.77. The molecule has 0 radical (unpaired) electrons. The summed E-state index contributed by atoms with van der Waals surface area (Å²) in [6.07, 6.45) is 4.53. The molecule has 0 aromatic heterocycles. The second kappa shape index (κ2) is 4.79. The third-order valence-corrected chi connectivity index (χ3v) is 3.90. The molecule has 2 unspecified atom stereocenters. The number of nitrogens with zero attached hydrogens (tertiary/aromatic N) is 2. The van der Waals surface area contributed by atoms with E-state index in [-0.39, 0.29) is 12.2 Å². The van der Waals surface area contributed by atoms with E-state index in [0.29, 0.717) is 0 Å². The predicted octanol–water partition coefficient (Wildman–Crippen LogP) is 1.89. The monoisotopic (exact) mass is 256 g/mol. The molecule has 1 aromatic rings. The minimum Gasteiger partial charge on any atom is -0.327 e. The maximum Gasteiger partial charge on any atom is 0.107 e. The van der Waals surface area contributed by atoms with E-state index in [1.807, 2.05) is 17.3 Å². The SMILES string of the molecule is Cc1cccc(N2C=NC3=C(CC(N)CC3)C2N)c1.